The van der Waals surface area contributed by atoms with Gasteiger partial charge in [0.2, 0.25) is 0 Å². The van der Waals surface area contributed by atoms with Crippen LogP contribution in [0.3, 0.4) is 0 Å². The first-order chi connectivity index (χ1) is 20.9. The smallest absolute Gasteiger partial charge is 0.340 e. The summed E-state index contributed by atoms with van der Waals surface area (Å²) in [7, 11) is 0. The van der Waals surface area contributed by atoms with E-state index in [4.69, 9.17) is 9.47 Å². The van der Waals surface area contributed by atoms with Gasteiger partial charge in [-0.15, -0.1) is 0 Å². The predicted molar refractivity (Wildman–Crippen MR) is 164 cm³/mol. The van der Waals surface area contributed by atoms with Crippen LogP contribution in [-0.2, 0) is 14.3 Å². The highest BCUT2D eigenvalue weighted by molar-refractivity contribution is 5.89. The zero-order chi connectivity index (χ0) is 31.3. The van der Waals surface area contributed by atoms with E-state index in [1.807, 2.05) is 37.3 Å². The predicted octanol–water partition coefficient (Wildman–Crippen LogP) is 5.11. The molecule has 8 nitrogen and oxygen atoms in total. The number of pyridine rings is 1. The number of benzene rings is 1. The Morgan fingerprint density at radius 1 is 0.977 bits per heavy atom. The lowest BCUT2D eigenvalue weighted by Gasteiger charge is -2.66. The minimum Gasteiger partial charge on any atom is -0.458 e. The Hall–Kier alpha value is -3.07. The van der Waals surface area contributed by atoms with Crippen LogP contribution < -0.4 is 0 Å². The highest BCUT2D eigenvalue weighted by atomic mass is 16.6. The fourth-order valence-corrected chi connectivity index (χ4v) is 9.76. The molecule has 1 aromatic heterocycles. The molecule has 236 valence electrons. The zero-order valence-electron chi connectivity index (χ0n) is 25.9. The molecule has 44 heavy (non-hydrogen) atoms. The van der Waals surface area contributed by atoms with Gasteiger partial charge in [-0.3, -0.25) is 4.98 Å². The number of aromatic nitrogens is 1. The van der Waals surface area contributed by atoms with E-state index < -0.39 is 40.8 Å². The maximum absolute atomic E-state index is 13.4. The molecule has 0 spiro atoms. The van der Waals surface area contributed by atoms with Crippen LogP contribution in [0.5, 0.6) is 0 Å². The van der Waals surface area contributed by atoms with Crippen molar-refractivity contribution in [2.24, 2.45) is 28.6 Å². The van der Waals surface area contributed by atoms with Crippen LogP contribution in [0.4, 0.5) is 0 Å². The SMILES string of the molecule is CC(OC(=O)c1cccnc1)[C@]1(O)CC[C@]2(O)[C@@H]3CC[C@H]4C[C@@H](O)CC[C@]4(C)C3C[C@@H](OC(=O)/C=C/c3ccccc3)[C@]12C. The largest absolute Gasteiger partial charge is 0.458 e. The molecule has 2 unspecified atom stereocenters. The molecule has 0 amide bonds. The highest BCUT2D eigenvalue weighted by Crippen LogP contribution is 2.71. The van der Waals surface area contributed by atoms with Crippen molar-refractivity contribution in [2.75, 3.05) is 0 Å². The van der Waals surface area contributed by atoms with Gasteiger partial charge in [0.1, 0.15) is 17.8 Å². The second-order valence-corrected chi connectivity index (χ2v) is 14.2. The number of fused-ring (bicyclic) bond motifs is 5. The van der Waals surface area contributed by atoms with Gasteiger partial charge >= 0.3 is 11.9 Å². The van der Waals surface area contributed by atoms with Crippen molar-refractivity contribution in [1.82, 2.24) is 4.98 Å². The molecule has 3 N–H and O–H groups in total. The lowest BCUT2D eigenvalue weighted by molar-refractivity contribution is -0.288. The van der Waals surface area contributed by atoms with E-state index in [9.17, 15) is 24.9 Å². The molecule has 0 aliphatic heterocycles. The third-order valence-corrected chi connectivity index (χ3v) is 12.4. The third kappa shape index (κ3) is 4.81. The lowest BCUT2D eigenvalue weighted by atomic mass is 9.42. The lowest BCUT2D eigenvalue weighted by Crippen LogP contribution is -2.72. The van der Waals surface area contributed by atoms with E-state index in [0.717, 1.165) is 31.2 Å². The standard InChI is InChI=1S/C36H45NO7/c1-23(43-32(40)25-10-7-19-37-22-25)35(41)17-18-36(42)28-13-12-26-20-27(38)15-16-33(26,2)29(28)21-30(34(35,36)3)44-31(39)14-11-24-8-5-4-6-9-24/h4-11,14,19,22-23,26-30,38,41-42H,12-13,15-18,20-21H2,1-3H3/b14-11+/t23?,26-,27-,28+,29?,30+,33-,34+,35+,36-/m0/s1. The second-order valence-electron chi connectivity index (χ2n) is 14.2. The van der Waals surface area contributed by atoms with Gasteiger partial charge in [0.15, 0.2) is 0 Å². The Kier molecular flexibility index (Phi) is 8.00. The summed E-state index contributed by atoms with van der Waals surface area (Å²) in [6.45, 7) is 5.76. The number of ether oxygens (including phenoxy) is 2. The summed E-state index contributed by atoms with van der Waals surface area (Å²) in [6.07, 6.45) is 8.84. The maximum atomic E-state index is 13.4. The van der Waals surface area contributed by atoms with Crippen LogP contribution >= 0.6 is 0 Å². The molecular weight excluding hydrogens is 558 g/mol. The molecule has 4 aliphatic rings. The fraction of sp³-hybridized carbons (Fsp3) is 0.583. The summed E-state index contributed by atoms with van der Waals surface area (Å²) in [6, 6.07) is 12.7. The molecule has 4 saturated carbocycles. The Morgan fingerprint density at radius 3 is 2.48 bits per heavy atom. The van der Waals surface area contributed by atoms with Crippen LogP contribution in [0.2, 0.25) is 0 Å². The minimum absolute atomic E-state index is 0.0401. The van der Waals surface area contributed by atoms with E-state index in [1.54, 1.807) is 31.3 Å². The number of carbonyl (C=O) groups is 2. The number of rotatable bonds is 6. The van der Waals surface area contributed by atoms with Crippen molar-refractivity contribution < 1.29 is 34.4 Å². The van der Waals surface area contributed by atoms with Crippen molar-refractivity contribution in [2.45, 2.75) is 102 Å². The van der Waals surface area contributed by atoms with Crippen LogP contribution in [-0.4, -0.2) is 61.8 Å². The Morgan fingerprint density at radius 2 is 1.75 bits per heavy atom. The molecule has 0 saturated heterocycles. The number of hydrogen-bond acceptors (Lipinski definition) is 8. The number of aliphatic hydroxyl groups is 3. The molecule has 2 aromatic rings. The molecule has 6 rings (SSSR count). The van der Waals surface area contributed by atoms with Gasteiger partial charge < -0.3 is 24.8 Å². The summed E-state index contributed by atoms with van der Waals surface area (Å²) in [5.41, 5.74) is -3.36. The average Bonchev–Trinajstić information content (AvgIpc) is 3.25. The summed E-state index contributed by atoms with van der Waals surface area (Å²) in [4.78, 5) is 30.5. The number of carbonyl (C=O) groups excluding carboxylic acids is 2. The van der Waals surface area contributed by atoms with Gasteiger partial charge in [0.25, 0.3) is 0 Å². The van der Waals surface area contributed by atoms with Crippen LogP contribution in [0.15, 0.2) is 60.9 Å². The highest BCUT2D eigenvalue weighted by Gasteiger charge is 2.77. The topological polar surface area (TPSA) is 126 Å². The van der Waals surface area contributed by atoms with Gasteiger partial charge in [0.05, 0.1) is 22.7 Å². The van der Waals surface area contributed by atoms with Crippen molar-refractivity contribution in [1.29, 1.82) is 0 Å². The average molecular weight is 604 g/mol. The second kappa shape index (κ2) is 11.4. The van der Waals surface area contributed by atoms with Gasteiger partial charge in [-0.2, -0.15) is 0 Å². The molecule has 0 bridgehead atoms. The number of aliphatic hydroxyl groups excluding tert-OH is 1. The summed E-state index contributed by atoms with van der Waals surface area (Å²) in [5, 5.41) is 36.0. The van der Waals surface area contributed by atoms with Gasteiger partial charge in [-0.25, -0.2) is 9.59 Å². The summed E-state index contributed by atoms with van der Waals surface area (Å²) >= 11 is 0. The van der Waals surface area contributed by atoms with Crippen molar-refractivity contribution >= 4 is 18.0 Å². The molecule has 0 radical (unpaired) electrons. The number of nitrogens with zero attached hydrogens (tertiary/aromatic N) is 1. The summed E-state index contributed by atoms with van der Waals surface area (Å²) in [5.74, 6) is -0.937. The number of esters is 2. The monoisotopic (exact) mass is 603 g/mol. The summed E-state index contributed by atoms with van der Waals surface area (Å²) < 4.78 is 12.2. The minimum atomic E-state index is -1.67. The van der Waals surface area contributed by atoms with E-state index in [1.165, 1.54) is 12.3 Å². The van der Waals surface area contributed by atoms with Crippen molar-refractivity contribution in [3.05, 3.63) is 72.1 Å². The Bertz CT molecular complexity index is 1400. The maximum Gasteiger partial charge on any atom is 0.340 e. The van der Waals surface area contributed by atoms with Gasteiger partial charge in [0, 0.05) is 18.5 Å². The molecule has 10 atom stereocenters. The van der Waals surface area contributed by atoms with E-state index >= 15 is 0 Å². The van der Waals surface area contributed by atoms with Crippen LogP contribution in [0, 0.1) is 28.6 Å². The van der Waals surface area contributed by atoms with E-state index in [0.29, 0.717) is 25.2 Å². The van der Waals surface area contributed by atoms with Crippen LogP contribution in [0.1, 0.15) is 88.1 Å². The first-order valence-electron chi connectivity index (χ1n) is 16.1. The van der Waals surface area contributed by atoms with Crippen molar-refractivity contribution in [3.8, 4) is 0 Å². The molecule has 4 aliphatic carbocycles. The fourth-order valence-electron chi connectivity index (χ4n) is 9.76. The molecule has 1 heterocycles. The van der Waals surface area contributed by atoms with E-state index in [-0.39, 0.29) is 35.3 Å². The quantitative estimate of drug-likeness (QED) is 0.307. The Labute approximate surface area is 259 Å². The molecule has 4 fully saturated rings. The van der Waals surface area contributed by atoms with Gasteiger partial charge in [-0.1, -0.05) is 44.2 Å². The first-order valence-corrected chi connectivity index (χ1v) is 16.1. The Balaban J connectivity index is 1.36. The molecule has 8 heteroatoms. The van der Waals surface area contributed by atoms with Crippen LogP contribution in [0.25, 0.3) is 6.08 Å². The van der Waals surface area contributed by atoms with Crippen molar-refractivity contribution in [3.63, 3.8) is 0 Å². The molecular formula is C36H45NO7. The normalized spacial score (nSPS) is 40.4. The van der Waals surface area contributed by atoms with E-state index in [2.05, 4.69) is 11.9 Å². The third-order valence-electron chi connectivity index (χ3n) is 12.4. The molecule has 1 aromatic carbocycles. The zero-order valence-corrected chi connectivity index (χ0v) is 25.9. The van der Waals surface area contributed by atoms with Gasteiger partial charge in [-0.05, 0) is 105 Å². The number of hydrogen-bond donors (Lipinski definition) is 3. The first kappa shape index (κ1) is 30.9.